The summed E-state index contributed by atoms with van der Waals surface area (Å²) in [6.07, 6.45) is 7.41. The monoisotopic (exact) mass is 497 g/mol. The van der Waals surface area contributed by atoms with Crippen LogP contribution in [0.2, 0.25) is 0 Å². The molecule has 3 aromatic heterocycles. The van der Waals surface area contributed by atoms with E-state index >= 15 is 0 Å². The highest BCUT2D eigenvalue weighted by atomic mass is 15.3. The second-order valence-electron chi connectivity index (χ2n) is 9.49. The van der Waals surface area contributed by atoms with Crippen molar-refractivity contribution in [2.75, 3.05) is 37.6 Å². The zero-order chi connectivity index (χ0) is 25.9. The molecule has 7 nitrogen and oxygen atoms in total. The third kappa shape index (κ3) is 4.76. The summed E-state index contributed by atoms with van der Waals surface area (Å²) in [5.41, 5.74) is 7.69. The zero-order valence-corrected chi connectivity index (χ0v) is 21.2. The molecule has 0 unspecified atom stereocenters. The third-order valence-corrected chi connectivity index (χ3v) is 7.00. The highest BCUT2D eigenvalue weighted by Crippen LogP contribution is 2.33. The van der Waals surface area contributed by atoms with Crippen LogP contribution in [0, 0.1) is 23.2 Å². The van der Waals surface area contributed by atoms with Gasteiger partial charge in [0.1, 0.15) is 6.07 Å². The summed E-state index contributed by atoms with van der Waals surface area (Å²) >= 11 is 0. The maximum atomic E-state index is 9.70. The molecule has 2 aromatic carbocycles. The lowest BCUT2D eigenvalue weighted by Crippen LogP contribution is -2.46. The molecule has 186 valence electrons. The van der Waals surface area contributed by atoms with E-state index in [1.165, 1.54) is 5.69 Å². The fourth-order valence-electron chi connectivity index (χ4n) is 4.94. The Morgan fingerprint density at radius 3 is 2.34 bits per heavy atom. The number of hydrogen-bond acceptors (Lipinski definition) is 5. The van der Waals surface area contributed by atoms with E-state index < -0.39 is 0 Å². The minimum Gasteiger partial charge on any atom is -0.369 e. The summed E-state index contributed by atoms with van der Waals surface area (Å²) in [6, 6.07) is 23.2. The molecule has 0 radical (unpaired) electrons. The van der Waals surface area contributed by atoms with Gasteiger partial charge in [0.15, 0.2) is 0 Å². The lowest BCUT2D eigenvalue weighted by atomic mass is 9.99. The van der Waals surface area contributed by atoms with E-state index in [9.17, 15) is 5.26 Å². The number of fused-ring (bicyclic) bond motifs is 1. The van der Waals surface area contributed by atoms with Gasteiger partial charge in [-0.15, -0.1) is 0 Å². The number of nitriles is 1. The molecule has 0 amide bonds. The van der Waals surface area contributed by atoms with Crippen LogP contribution in [0.25, 0.3) is 27.8 Å². The van der Waals surface area contributed by atoms with Crippen LogP contribution in [0.3, 0.4) is 0 Å². The Labute approximate surface area is 222 Å². The number of hydrogen-bond donors (Lipinski definition) is 0. The normalized spacial score (nSPS) is 13.7. The van der Waals surface area contributed by atoms with Crippen molar-refractivity contribution in [3.05, 3.63) is 96.6 Å². The largest absolute Gasteiger partial charge is 0.369 e. The van der Waals surface area contributed by atoms with Crippen molar-refractivity contribution < 1.29 is 0 Å². The highest BCUT2D eigenvalue weighted by molar-refractivity contribution is 5.88. The lowest BCUT2D eigenvalue weighted by molar-refractivity contribution is 0.288. The van der Waals surface area contributed by atoms with Crippen LogP contribution in [-0.2, 0) is 7.05 Å². The molecule has 38 heavy (non-hydrogen) atoms. The first kappa shape index (κ1) is 23.5. The summed E-state index contributed by atoms with van der Waals surface area (Å²) < 4.78 is 3.58. The summed E-state index contributed by atoms with van der Waals surface area (Å²) in [5, 5.41) is 18.5. The van der Waals surface area contributed by atoms with Gasteiger partial charge in [0, 0.05) is 73.6 Å². The van der Waals surface area contributed by atoms with Crippen molar-refractivity contribution >= 4 is 11.2 Å². The number of anilines is 1. The Balaban J connectivity index is 1.19. The van der Waals surface area contributed by atoms with Crippen LogP contribution in [0.4, 0.5) is 5.69 Å². The molecule has 0 atom stereocenters. The average molecular weight is 498 g/mol. The molecule has 0 saturated carbocycles. The molecule has 5 aromatic rings. The second kappa shape index (κ2) is 10.3. The Kier molecular flexibility index (Phi) is 6.35. The quantitative estimate of drug-likeness (QED) is 0.344. The van der Waals surface area contributed by atoms with Gasteiger partial charge in [0.25, 0.3) is 0 Å². The van der Waals surface area contributed by atoms with Crippen LogP contribution in [0.15, 0.2) is 85.5 Å². The number of rotatable bonds is 4. The topological polar surface area (TPSA) is 65.4 Å². The molecule has 7 heteroatoms. The molecule has 0 N–H and O–H groups in total. The molecule has 1 fully saturated rings. The summed E-state index contributed by atoms with van der Waals surface area (Å²) in [5.74, 6) is 6.57. The minimum absolute atomic E-state index is 0.563. The number of aryl methyl sites for hydroxylation is 1. The van der Waals surface area contributed by atoms with Gasteiger partial charge in [-0.25, -0.2) is 4.52 Å². The molecule has 0 aliphatic carbocycles. The number of aromatic nitrogens is 4. The maximum absolute atomic E-state index is 9.70. The van der Waals surface area contributed by atoms with Gasteiger partial charge < -0.3 is 4.90 Å². The summed E-state index contributed by atoms with van der Waals surface area (Å²) in [6.45, 7) is 4.70. The Hall–Kier alpha value is -4.85. The fourth-order valence-corrected chi connectivity index (χ4v) is 4.94. The van der Waals surface area contributed by atoms with Crippen molar-refractivity contribution in [2.24, 2.45) is 7.05 Å². The van der Waals surface area contributed by atoms with E-state index in [2.05, 4.69) is 68.2 Å². The lowest BCUT2D eigenvalue weighted by Gasteiger charge is -2.35. The van der Waals surface area contributed by atoms with Crippen molar-refractivity contribution in [1.82, 2.24) is 24.3 Å². The van der Waals surface area contributed by atoms with E-state index in [1.807, 2.05) is 56.0 Å². The summed E-state index contributed by atoms with van der Waals surface area (Å²) in [4.78, 5) is 4.83. The van der Waals surface area contributed by atoms with E-state index in [1.54, 1.807) is 15.4 Å². The predicted octanol–water partition coefficient (Wildman–Crippen LogP) is 4.45. The van der Waals surface area contributed by atoms with Crippen LogP contribution < -0.4 is 4.90 Å². The molecular weight excluding hydrogens is 470 g/mol. The highest BCUT2D eigenvalue weighted by Gasteiger charge is 2.18. The number of benzene rings is 2. The summed E-state index contributed by atoms with van der Waals surface area (Å²) in [7, 11) is 1.90. The van der Waals surface area contributed by atoms with Gasteiger partial charge in [0.2, 0.25) is 0 Å². The van der Waals surface area contributed by atoms with E-state index in [0.717, 1.165) is 66.1 Å². The van der Waals surface area contributed by atoms with Crippen molar-refractivity contribution in [1.29, 1.82) is 5.26 Å². The van der Waals surface area contributed by atoms with Gasteiger partial charge in [0.05, 0.1) is 30.0 Å². The average Bonchev–Trinajstić information content (AvgIpc) is 3.60. The van der Waals surface area contributed by atoms with Crippen molar-refractivity contribution in [2.45, 2.75) is 0 Å². The Bertz CT molecular complexity index is 1670. The number of piperazine rings is 1. The SMILES string of the molecule is Cn1cc(-c2cc(-c3ccc(N4CCN(CC#Cc5ccccc5)CC4)cc3)c3c(C#N)cnn3c2)cn1. The number of pyridine rings is 1. The number of nitrogens with zero attached hydrogens (tertiary/aromatic N) is 7. The van der Waals surface area contributed by atoms with Crippen LogP contribution >= 0.6 is 0 Å². The molecule has 1 aliphatic rings. The Morgan fingerprint density at radius 2 is 1.63 bits per heavy atom. The first-order chi connectivity index (χ1) is 18.7. The van der Waals surface area contributed by atoms with Crippen molar-refractivity contribution in [3.8, 4) is 40.2 Å². The molecule has 1 saturated heterocycles. The van der Waals surface area contributed by atoms with E-state index in [0.29, 0.717) is 5.56 Å². The van der Waals surface area contributed by atoms with Gasteiger partial charge in [-0.3, -0.25) is 9.58 Å². The fraction of sp³-hybridized carbons (Fsp3) is 0.194. The Morgan fingerprint density at radius 1 is 0.842 bits per heavy atom. The zero-order valence-electron chi connectivity index (χ0n) is 21.2. The van der Waals surface area contributed by atoms with Gasteiger partial charge in [-0.05, 0) is 35.9 Å². The molecule has 0 bridgehead atoms. The molecule has 1 aliphatic heterocycles. The molecule has 0 spiro atoms. The molecule has 6 rings (SSSR count). The van der Waals surface area contributed by atoms with Gasteiger partial charge >= 0.3 is 0 Å². The smallest absolute Gasteiger partial charge is 0.103 e. The van der Waals surface area contributed by atoms with E-state index in [-0.39, 0.29) is 0 Å². The third-order valence-electron chi connectivity index (χ3n) is 7.00. The van der Waals surface area contributed by atoms with Crippen molar-refractivity contribution in [3.63, 3.8) is 0 Å². The van der Waals surface area contributed by atoms with Crippen LogP contribution in [0.5, 0.6) is 0 Å². The van der Waals surface area contributed by atoms with Gasteiger partial charge in [-0.1, -0.05) is 42.2 Å². The maximum Gasteiger partial charge on any atom is 0.103 e. The van der Waals surface area contributed by atoms with E-state index in [4.69, 9.17) is 0 Å². The predicted molar refractivity (Wildman–Crippen MR) is 150 cm³/mol. The second-order valence-corrected chi connectivity index (χ2v) is 9.49. The van der Waals surface area contributed by atoms with Gasteiger partial charge in [-0.2, -0.15) is 15.5 Å². The molecule has 4 heterocycles. The van der Waals surface area contributed by atoms with Crippen LogP contribution in [-0.4, -0.2) is 57.0 Å². The molecular formula is C31H27N7. The first-order valence-corrected chi connectivity index (χ1v) is 12.7. The standard InChI is InChI=1S/C31H27N7/c1-35-22-28(21-33-35)26-18-30(31-27(19-32)20-34-38(31)23-26)25-9-11-29(12-10-25)37-16-14-36(15-17-37)13-5-8-24-6-3-2-4-7-24/h2-4,6-7,9-12,18,20-23H,13-17H2,1H3. The minimum atomic E-state index is 0.563. The first-order valence-electron chi connectivity index (χ1n) is 12.7. The van der Waals surface area contributed by atoms with Crippen LogP contribution in [0.1, 0.15) is 11.1 Å².